The van der Waals surface area contributed by atoms with Crippen LogP contribution in [0.4, 0.5) is 0 Å². The van der Waals surface area contributed by atoms with Crippen LogP contribution in [0.25, 0.3) is 0 Å². The van der Waals surface area contributed by atoms with Crippen LogP contribution in [0.15, 0.2) is 109 Å². The van der Waals surface area contributed by atoms with E-state index in [0.29, 0.717) is 6.42 Å². The van der Waals surface area contributed by atoms with Crippen molar-refractivity contribution >= 4 is 5.91 Å². The van der Waals surface area contributed by atoms with Crippen LogP contribution < -0.4 is 5.32 Å². The van der Waals surface area contributed by atoms with Gasteiger partial charge in [0.05, 0.1) is 38.6 Å². The number of ether oxygens (including phenoxy) is 6. The van der Waals surface area contributed by atoms with Gasteiger partial charge in [0, 0.05) is 6.42 Å². The van der Waals surface area contributed by atoms with Crippen molar-refractivity contribution in [3.8, 4) is 0 Å². The number of rotatable bonds is 68. The molecule has 3 rings (SSSR count). The van der Waals surface area contributed by atoms with E-state index in [-0.39, 0.29) is 18.9 Å². The lowest BCUT2D eigenvalue weighted by atomic mass is 9.96. The standard InChI is InChI=1S/C89H155NO18/c1-3-5-7-9-11-13-15-17-19-21-23-25-27-28-29-30-31-32-33-34-35-36-37-38-39-40-41-42-43-44-45-47-49-51-53-55-57-59-61-63-65-67-77(95)90-72(73(94)66-64-62-60-58-56-54-52-50-48-46-26-24-22-20-18-16-14-12-10-8-6-4-2)71-103-87-83(101)80(98)85(75(69-92)105-87)108-89-84(102)81(99)86(76(70-93)106-89)107-88-82(100)79(97)78(96)74(68-91)104-88/h5,7,11,13,17,19,23,25,28-29,31-32,34-35,37-38,64,66,72-76,78-89,91-94,96-102H,3-4,6,8-10,12,14-16,18,20-22,24,26-27,30,33,36,39-63,65,67-71H2,1-2H3,(H,90,95)/b7-5-,13-11-,19-17-,25-23-,29-28-,32-31-,35-34-,38-37-,66-64+. The van der Waals surface area contributed by atoms with Crippen LogP contribution in [0.5, 0.6) is 0 Å². The molecule has 0 aromatic rings. The van der Waals surface area contributed by atoms with Crippen LogP contribution in [0.3, 0.4) is 0 Å². The molecule has 19 heteroatoms. The fourth-order valence-electron chi connectivity index (χ4n) is 14.0. The molecule has 12 N–H and O–H groups in total. The van der Waals surface area contributed by atoms with E-state index in [1.54, 1.807) is 6.08 Å². The van der Waals surface area contributed by atoms with Gasteiger partial charge in [-0.15, -0.1) is 0 Å². The third-order valence-corrected chi connectivity index (χ3v) is 20.8. The fraction of sp³-hybridized carbons (Fsp3) is 0.787. The van der Waals surface area contributed by atoms with Crippen LogP contribution in [0.2, 0.25) is 0 Å². The summed E-state index contributed by atoms with van der Waals surface area (Å²) in [6.07, 6.45) is 67.9. The maximum Gasteiger partial charge on any atom is 0.220 e. The van der Waals surface area contributed by atoms with E-state index in [2.05, 4.69) is 116 Å². The first-order chi connectivity index (χ1) is 52.8. The molecule has 3 saturated heterocycles. The Bertz CT molecular complexity index is 2380. The molecule has 0 aromatic heterocycles. The van der Waals surface area contributed by atoms with Gasteiger partial charge in [-0.05, 0) is 83.5 Å². The maximum absolute atomic E-state index is 13.5. The Morgan fingerprint density at radius 3 is 1.00 bits per heavy atom. The molecule has 108 heavy (non-hydrogen) atoms. The number of amides is 1. The summed E-state index contributed by atoms with van der Waals surface area (Å²) in [5, 5.41) is 121. The molecule has 1 amide bonds. The largest absolute Gasteiger partial charge is 0.394 e. The zero-order chi connectivity index (χ0) is 78.1. The summed E-state index contributed by atoms with van der Waals surface area (Å²) in [7, 11) is 0. The molecule has 624 valence electrons. The van der Waals surface area contributed by atoms with Crippen LogP contribution in [0.1, 0.15) is 316 Å². The van der Waals surface area contributed by atoms with Crippen molar-refractivity contribution in [1.29, 1.82) is 0 Å². The molecule has 3 aliphatic rings. The predicted octanol–water partition coefficient (Wildman–Crippen LogP) is 15.7. The van der Waals surface area contributed by atoms with Gasteiger partial charge < -0.3 is 89.9 Å². The van der Waals surface area contributed by atoms with E-state index >= 15 is 0 Å². The Morgan fingerprint density at radius 1 is 0.343 bits per heavy atom. The summed E-state index contributed by atoms with van der Waals surface area (Å²) in [5.41, 5.74) is 0. The smallest absolute Gasteiger partial charge is 0.220 e. The van der Waals surface area contributed by atoms with Crippen molar-refractivity contribution in [2.24, 2.45) is 0 Å². The van der Waals surface area contributed by atoms with E-state index in [1.807, 2.05) is 6.08 Å². The molecule has 17 unspecified atom stereocenters. The molecule has 3 aliphatic heterocycles. The zero-order valence-electron chi connectivity index (χ0n) is 67.0. The normalized spacial score (nSPS) is 26.0. The molecule has 3 fully saturated rings. The van der Waals surface area contributed by atoms with Gasteiger partial charge in [-0.2, -0.15) is 0 Å². The highest BCUT2D eigenvalue weighted by Gasteiger charge is 2.54. The highest BCUT2D eigenvalue weighted by molar-refractivity contribution is 5.76. The molecule has 0 saturated carbocycles. The van der Waals surface area contributed by atoms with E-state index in [9.17, 15) is 61.0 Å². The quantitative estimate of drug-likeness (QED) is 0.0199. The average molecular weight is 1530 g/mol. The molecule has 0 radical (unpaired) electrons. The first kappa shape index (κ1) is 98.6. The molecule has 0 aromatic carbocycles. The second kappa shape index (κ2) is 67.9. The predicted molar refractivity (Wildman–Crippen MR) is 434 cm³/mol. The number of hydrogen-bond acceptors (Lipinski definition) is 18. The number of carbonyl (C=O) groups excluding carboxylic acids is 1. The van der Waals surface area contributed by atoms with Gasteiger partial charge in [-0.3, -0.25) is 4.79 Å². The third kappa shape index (κ3) is 46.6. The van der Waals surface area contributed by atoms with Crippen LogP contribution >= 0.6 is 0 Å². The minimum Gasteiger partial charge on any atom is -0.394 e. The van der Waals surface area contributed by atoms with Gasteiger partial charge in [0.2, 0.25) is 5.91 Å². The highest BCUT2D eigenvalue weighted by atomic mass is 16.8. The summed E-state index contributed by atoms with van der Waals surface area (Å²) in [4.78, 5) is 13.5. The first-order valence-electron chi connectivity index (χ1n) is 43.1. The number of aliphatic hydroxyl groups is 11. The lowest BCUT2D eigenvalue weighted by molar-refractivity contribution is -0.379. The molecular weight excluding hydrogens is 1370 g/mol. The number of carbonyl (C=O) groups is 1. The SMILES string of the molecule is CC/C=C\C/C=C\C/C=C\C/C=C\C/C=C\C/C=C\C/C=C\C/C=C\CCCCCCCCCCCCCCCCCCC(=O)NC(COC1OC(CO)C(OC2OC(CO)C(OC3OC(CO)C(O)C(O)C3O)C(O)C2O)C(O)C1O)C(O)/C=C/CCCCCCCCCCCCCCCCCCCCCC. The minimum atomic E-state index is -1.98. The lowest BCUT2D eigenvalue weighted by Crippen LogP contribution is -2.66. The van der Waals surface area contributed by atoms with Crippen molar-refractivity contribution in [2.45, 2.75) is 420 Å². The topological polar surface area (TPSA) is 307 Å². The van der Waals surface area contributed by atoms with Gasteiger partial charge >= 0.3 is 0 Å². The van der Waals surface area contributed by atoms with Crippen molar-refractivity contribution < 1.29 is 89.4 Å². The summed E-state index contributed by atoms with van der Waals surface area (Å²) in [5.74, 6) is -0.275. The molecule has 0 aliphatic carbocycles. The summed E-state index contributed by atoms with van der Waals surface area (Å²) >= 11 is 0. The molecule has 17 atom stereocenters. The zero-order valence-corrected chi connectivity index (χ0v) is 67.0. The Balaban J connectivity index is 1.32. The van der Waals surface area contributed by atoms with Crippen molar-refractivity contribution in [2.75, 3.05) is 26.4 Å². The van der Waals surface area contributed by atoms with Crippen LogP contribution in [0, 0.1) is 0 Å². The van der Waals surface area contributed by atoms with Crippen molar-refractivity contribution in [3.63, 3.8) is 0 Å². The number of aliphatic hydroxyl groups excluding tert-OH is 11. The van der Waals surface area contributed by atoms with E-state index in [4.69, 9.17) is 28.4 Å². The second-order valence-corrected chi connectivity index (χ2v) is 30.3. The van der Waals surface area contributed by atoms with Gasteiger partial charge in [-0.25, -0.2) is 0 Å². The Labute approximate surface area is 653 Å². The van der Waals surface area contributed by atoms with Gasteiger partial charge in [0.15, 0.2) is 18.9 Å². The molecule has 19 nitrogen and oxygen atoms in total. The Hall–Kier alpha value is -3.55. The average Bonchev–Trinajstić information content (AvgIpc) is 0.787. The number of allylic oxidation sites excluding steroid dienone is 17. The molecule has 0 spiro atoms. The van der Waals surface area contributed by atoms with Gasteiger partial charge in [-0.1, -0.05) is 335 Å². The third-order valence-electron chi connectivity index (χ3n) is 20.8. The first-order valence-corrected chi connectivity index (χ1v) is 43.1. The number of hydrogen-bond donors (Lipinski definition) is 12. The molecular formula is C89H155NO18. The number of unbranched alkanes of at least 4 members (excludes halogenated alkanes) is 36. The van der Waals surface area contributed by atoms with Crippen molar-refractivity contribution in [3.05, 3.63) is 109 Å². The fourth-order valence-corrected chi connectivity index (χ4v) is 14.0. The van der Waals surface area contributed by atoms with Crippen LogP contribution in [-0.4, -0.2) is 193 Å². The Morgan fingerprint density at radius 2 is 0.639 bits per heavy atom. The monoisotopic (exact) mass is 1530 g/mol. The number of nitrogens with one attached hydrogen (secondary N) is 1. The van der Waals surface area contributed by atoms with E-state index < -0.39 is 124 Å². The lowest BCUT2D eigenvalue weighted by Gasteiger charge is -2.48. The van der Waals surface area contributed by atoms with Gasteiger partial charge in [0.25, 0.3) is 0 Å². The Kier molecular flexibility index (Phi) is 62.0. The van der Waals surface area contributed by atoms with E-state index in [0.717, 1.165) is 96.3 Å². The van der Waals surface area contributed by atoms with Gasteiger partial charge in [0.1, 0.15) is 73.2 Å². The minimum absolute atomic E-state index is 0.240. The summed E-state index contributed by atoms with van der Waals surface area (Å²) in [6.45, 7) is 1.65. The molecule has 0 bridgehead atoms. The van der Waals surface area contributed by atoms with Crippen LogP contribution in [-0.2, 0) is 33.2 Å². The second-order valence-electron chi connectivity index (χ2n) is 30.3. The summed E-state index contributed by atoms with van der Waals surface area (Å²) in [6, 6.07) is -0.979. The highest BCUT2D eigenvalue weighted by Crippen LogP contribution is 2.33. The molecule has 3 heterocycles. The maximum atomic E-state index is 13.5. The van der Waals surface area contributed by atoms with E-state index in [1.165, 1.54) is 193 Å². The van der Waals surface area contributed by atoms with Crippen molar-refractivity contribution in [1.82, 2.24) is 5.32 Å². The summed E-state index contributed by atoms with van der Waals surface area (Å²) < 4.78 is 34.5.